The zero-order valence-electron chi connectivity index (χ0n) is 20.3. The molecule has 0 atom stereocenters. The largest absolute Gasteiger partial charge is 0.506 e. The van der Waals surface area contributed by atoms with Crippen molar-refractivity contribution in [3.8, 4) is 5.75 Å². The van der Waals surface area contributed by atoms with Crippen molar-refractivity contribution in [3.05, 3.63) is 72.8 Å². The van der Waals surface area contributed by atoms with Crippen LogP contribution in [0.3, 0.4) is 0 Å². The highest BCUT2D eigenvalue weighted by molar-refractivity contribution is 5.94. The summed E-state index contributed by atoms with van der Waals surface area (Å²) >= 11 is 0. The van der Waals surface area contributed by atoms with E-state index in [1.54, 1.807) is 12.1 Å². The summed E-state index contributed by atoms with van der Waals surface area (Å²) in [7, 11) is 0. The molecule has 3 aromatic carbocycles. The molecule has 0 radical (unpaired) electrons. The number of hydrogen-bond acceptors (Lipinski definition) is 5. The Balaban J connectivity index is 1.20. The van der Waals surface area contributed by atoms with E-state index in [4.69, 9.17) is 4.74 Å². The highest BCUT2D eigenvalue weighted by Crippen LogP contribution is 2.34. The summed E-state index contributed by atoms with van der Waals surface area (Å²) in [6, 6.07) is 20.6. The number of fused-ring (bicyclic) bond motifs is 1. The van der Waals surface area contributed by atoms with Crippen LogP contribution in [-0.2, 0) is 4.74 Å². The summed E-state index contributed by atoms with van der Waals surface area (Å²) in [5.74, 6) is 0.707. The number of rotatable bonds is 8. The van der Waals surface area contributed by atoms with Crippen LogP contribution in [0.2, 0.25) is 0 Å². The maximum Gasteiger partial charge on any atom is 0.185 e. The molecule has 0 spiro atoms. The molecule has 1 N–H and O–H groups in total. The molecule has 1 aliphatic heterocycles. The Kier molecular flexibility index (Phi) is 7.86. The van der Waals surface area contributed by atoms with Gasteiger partial charge in [0.05, 0.1) is 6.61 Å². The second-order valence-electron chi connectivity index (χ2n) is 8.97. The molecule has 178 valence electrons. The Hall–Kier alpha value is -3.31. The molecule has 3 aromatic rings. The number of para-hydroxylation sites is 1. The van der Waals surface area contributed by atoms with Gasteiger partial charge in [-0.25, -0.2) is 4.99 Å². The van der Waals surface area contributed by atoms with E-state index in [2.05, 4.69) is 63.8 Å². The van der Waals surface area contributed by atoms with Crippen LogP contribution in [0, 0.1) is 0 Å². The van der Waals surface area contributed by atoms with Gasteiger partial charge in [0, 0.05) is 49.7 Å². The zero-order chi connectivity index (χ0) is 23.9. The molecule has 0 saturated carbocycles. The van der Waals surface area contributed by atoms with Gasteiger partial charge in [-0.15, -0.1) is 0 Å². The van der Waals surface area contributed by atoms with E-state index in [1.807, 2.05) is 19.9 Å². The lowest BCUT2D eigenvalue weighted by Gasteiger charge is -2.36. The summed E-state index contributed by atoms with van der Waals surface area (Å²) in [6.07, 6.45) is 2.07. The van der Waals surface area contributed by atoms with Crippen molar-refractivity contribution < 1.29 is 9.84 Å². The smallest absolute Gasteiger partial charge is 0.185 e. The van der Waals surface area contributed by atoms with Gasteiger partial charge in [0.2, 0.25) is 0 Å². The molecular weight excluding hydrogens is 422 g/mol. The number of piperazine rings is 1. The standard InChI is InChI=1S/C29H35N3O2/c1-22(2)25-13-9-15-28(33)29(25)30-23(3)34-21-7-6-16-31-17-19-32(20-18-31)27-14-8-11-24-10-4-5-12-26(24)27/h4-5,8-15,33H,1,6-7,16-21H2,2-3H3. The summed E-state index contributed by atoms with van der Waals surface area (Å²) < 4.78 is 5.82. The molecular formula is C29H35N3O2. The maximum atomic E-state index is 10.2. The van der Waals surface area contributed by atoms with Crippen molar-refractivity contribution in [2.24, 2.45) is 4.99 Å². The molecule has 5 nitrogen and oxygen atoms in total. The van der Waals surface area contributed by atoms with Gasteiger partial charge < -0.3 is 14.7 Å². The van der Waals surface area contributed by atoms with Gasteiger partial charge in [0.25, 0.3) is 0 Å². The van der Waals surface area contributed by atoms with Crippen LogP contribution < -0.4 is 4.90 Å². The van der Waals surface area contributed by atoms with E-state index in [1.165, 1.54) is 16.5 Å². The Morgan fingerprint density at radius 3 is 2.47 bits per heavy atom. The number of anilines is 1. The van der Waals surface area contributed by atoms with Crippen LogP contribution in [0.1, 0.15) is 32.3 Å². The minimum Gasteiger partial charge on any atom is -0.506 e. The molecule has 1 aliphatic rings. The summed E-state index contributed by atoms with van der Waals surface area (Å²) in [4.78, 5) is 9.55. The average molecular weight is 458 g/mol. The molecule has 1 heterocycles. The lowest BCUT2D eigenvalue weighted by Crippen LogP contribution is -2.46. The number of aromatic hydroxyl groups is 1. The Morgan fingerprint density at radius 2 is 1.68 bits per heavy atom. The van der Waals surface area contributed by atoms with E-state index in [-0.39, 0.29) is 5.75 Å². The van der Waals surface area contributed by atoms with Crippen LogP contribution in [0.25, 0.3) is 16.3 Å². The lowest BCUT2D eigenvalue weighted by molar-refractivity contribution is 0.235. The molecule has 4 rings (SSSR count). The number of unbranched alkanes of at least 4 members (excludes halogenated alkanes) is 1. The van der Waals surface area contributed by atoms with Gasteiger partial charge in [-0.2, -0.15) is 0 Å². The first kappa shape index (κ1) is 23.8. The third-order valence-electron chi connectivity index (χ3n) is 6.40. The second kappa shape index (κ2) is 11.2. The van der Waals surface area contributed by atoms with Crippen molar-refractivity contribution in [1.82, 2.24) is 4.90 Å². The van der Waals surface area contributed by atoms with Gasteiger partial charge >= 0.3 is 0 Å². The number of benzene rings is 3. The molecule has 1 fully saturated rings. The average Bonchev–Trinajstić information content (AvgIpc) is 2.85. The molecule has 1 saturated heterocycles. The summed E-state index contributed by atoms with van der Waals surface area (Å²) in [6.45, 7) is 13.7. The quantitative estimate of drug-likeness (QED) is 0.247. The molecule has 0 aliphatic carbocycles. The maximum absolute atomic E-state index is 10.2. The topological polar surface area (TPSA) is 48.3 Å². The van der Waals surface area contributed by atoms with Gasteiger partial charge in [0.15, 0.2) is 5.90 Å². The van der Waals surface area contributed by atoms with E-state index in [9.17, 15) is 5.11 Å². The molecule has 0 amide bonds. The molecule has 5 heteroatoms. The zero-order valence-corrected chi connectivity index (χ0v) is 20.3. The minimum absolute atomic E-state index is 0.145. The van der Waals surface area contributed by atoms with Crippen LogP contribution in [-0.4, -0.2) is 55.2 Å². The normalized spacial score (nSPS) is 15.0. The van der Waals surface area contributed by atoms with Gasteiger partial charge in [-0.3, -0.25) is 4.90 Å². The van der Waals surface area contributed by atoms with Crippen molar-refractivity contribution in [3.63, 3.8) is 0 Å². The van der Waals surface area contributed by atoms with Crippen molar-refractivity contribution >= 4 is 33.6 Å². The Bertz CT molecular complexity index is 1160. The summed E-state index contributed by atoms with van der Waals surface area (Å²) in [5.41, 5.74) is 3.57. The SMILES string of the molecule is C=C(C)c1cccc(O)c1N=C(C)OCCCCN1CCN(c2cccc3ccccc23)CC1. The molecule has 0 bridgehead atoms. The van der Waals surface area contributed by atoms with Crippen LogP contribution >= 0.6 is 0 Å². The minimum atomic E-state index is 0.145. The number of nitrogens with zero attached hydrogens (tertiary/aromatic N) is 3. The van der Waals surface area contributed by atoms with Gasteiger partial charge in [0.1, 0.15) is 11.4 Å². The second-order valence-corrected chi connectivity index (χ2v) is 8.97. The number of allylic oxidation sites excluding steroid dienone is 1. The predicted molar refractivity (Wildman–Crippen MR) is 143 cm³/mol. The molecule has 34 heavy (non-hydrogen) atoms. The number of hydrogen-bond donors (Lipinski definition) is 1. The number of ether oxygens (including phenoxy) is 1. The highest BCUT2D eigenvalue weighted by Gasteiger charge is 2.18. The third-order valence-corrected chi connectivity index (χ3v) is 6.40. The van der Waals surface area contributed by atoms with Gasteiger partial charge in [-0.1, -0.05) is 55.1 Å². The first-order valence-electron chi connectivity index (χ1n) is 12.1. The number of phenolic OH excluding ortho intramolecular Hbond substituents is 1. The fraction of sp³-hybridized carbons (Fsp3) is 0.345. The first-order valence-corrected chi connectivity index (χ1v) is 12.1. The summed E-state index contributed by atoms with van der Waals surface area (Å²) in [5, 5.41) is 12.8. The van der Waals surface area contributed by atoms with Crippen molar-refractivity contribution in [2.75, 3.05) is 44.2 Å². The highest BCUT2D eigenvalue weighted by atomic mass is 16.5. The lowest BCUT2D eigenvalue weighted by atomic mass is 10.1. The van der Waals surface area contributed by atoms with Crippen molar-refractivity contribution in [1.29, 1.82) is 0 Å². The Morgan fingerprint density at radius 1 is 0.941 bits per heavy atom. The van der Waals surface area contributed by atoms with E-state index < -0.39 is 0 Å². The van der Waals surface area contributed by atoms with E-state index >= 15 is 0 Å². The van der Waals surface area contributed by atoms with E-state index in [0.29, 0.717) is 18.2 Å². The van der Waals surface area contributed by atoms with Crippen LogP contribution in [0.5, 0.6) is 5.75 Å². The first-order chi connectivity index (χ1) is 16.5. The number of aliphatic imine (C=N–C) groups is 1. The molecule has 0 aromatic heterocycles. The van der Waals surface area contributed by atoms with Crippen molar-refractivity contribution in [2.45, 2.75) is 26.7 Å². The monoisotopic (exact) mass is 457 g/mol. The Labute approximate surface area is 203 Å². The predicted octanol–water partition coefficient (Wildman–Crippen LogP) is 6.25. The van der Waals surface area contributed by atoms with Crippen LogP contribution in [0.15, 0.2) is 72.2 Å². The van der Waals surface area contributed by atoms with Crippen LogP contribution in [0.4, 0.5) is 11.4 Å². The number of phenols is 1. The fourth-order valence-electron chi connectivity index (χ4n) is 4.54. The fourth-order valence-corrected chi connectivity index (χ4v) is 4.54. The third kappa shape index (κ3) is 5.78. The van der Waals surface area contributed by atoms with Gasteiger partial charge in [-0.05, 0) is 49.4 Å². The molecule has 0 unspecified atom stereocenters. The van der Waals surface area contributed by atoms with E-state index in [0.717, 1.165) is 56.7 Å².